The number of aromatic nitrogens is 1. The van der Waals surface area contributed by atoms with Crippen LogP contribution in [0.1, 0.15) is 10.4 Å². The van der Waals surface area contributed by atoms with Gasteiger partial charge in [-0.3, -0.25) is 9.78 Å². The molecule has 0 aliphatic heterocycles. The fourth-order valence-corrected chi connectivity index (χ4v) is 3.49. The average Bonchev–Trinajstić information content (AvgIpc) is 2.86. The first-order chi connectivity index (χ1) is 16.9. The first kappa shape index (κ1) is 23.8. The molecule has 178 valence electrons. The van der Waals surface area contributed by atoms with Crippen LogP contribution in [-0.4, -0.2) is 31.1 Å². The van der Waals surface area contributed by atoms with Crippen molar-refractivity contribution in [3.8, 4) is 17.2 Å². The summed E-state index contributed by atoms with van der Waals surface area (Å²) < 4.78 is 24.5. The first-order valence-electron chi connectivity index (χ1n) is 10.4. The van der Waals surface area contributed by atoms with Gasteiger partial charge in [-0.05, 0) is 48.5 Å². The molecule has 3 N–H and O–H groups in total. The van der Waals surface area contributed by atoms with Crippen LogP contribution in [0.15, 0.2) is 66.9 Å². The second-order valence-electron chi connectivity index (χ2n) is 7.29. The number of urea groups is 1. The monoisotopic (exact) mass is 494 g/mol. The summed E-state index contributed by atoms with van der Waals surface area (Å²) in [4.78, 5) is 29.0. The largest absolute Gasteiger partial charge is 0.496 e. The van der Waals surface area contributed by atoms with Gasteiger partial charge >= 0.3 is 6.03 Å². The Balaban J connectivity index is 1.60. The lowest BCUT2D eigenvalue weighted by Crippen LogP contribution is -2.19. The molecule has 35 heavy (non-hydrogen) atoms. The van der Waals surface area contributed by atoms with Crippen molar-refractivity contribution in [1.82, 2.24) is 10.3 Å². The molecule has 0 radical (unpaired) electrons. The quantitative estimate of drug-likeness (QED) is 0.313. The molecule has 0 atom stereocenters. The minimum Gasteiger partial charge on any atom is -0.496 e. The van der Waals surface area contributed by atoms with Gasteiger partial charge in [-0.15, -0.1) is 0 Å². The number of benzene rings is 3. The zero-order chi connectivity index (χ0) is 24.9. The molecule has 0 bridgehead atoms. The van der Waals surface area contributed by atoms with E-state index in [0.29, 0.717) is 45.1 Å². The van der Waals surface area contributed by atoms with Gasteiger partial charge in [-0.2, -0.15) is 0 Å². The minimum atomic E-state index is -0.563. The Kier molecular flexibility index (Phi) is 6.98. The molecule has 0 saturated heterocycles. The number of rotatable bonds is 6. The van der Waals surface area contributed by atoms with Crippen LogP contribution in [0.3, 0.4) is 0 Å². The van der Waals surface area contributed by atoms with Crippen LogP contribution in [-0.2, 0) is 0 Å². The number of halogens is 2. The SMILES string of the molecule is CNC(=O)c1cc2c(Oc3ccc(Cl)c(NC(=O)Nc4ccc(F)cc4)c3)ccnc2cc1OC. The topological polar surface area (TPSA) is 102 Å². The van der Waals surface area contributed by atoms with Crippen LogP contribution in [0.25, 0.3) is 10.9 Å². The third-order valence-electron chi connectivity index (χ3n) is 5.01. The van der Waals surface area contributed by atoms with Gasteiger partial charge in [0.1, 0.15) is 23.1 Å². The fraction of sp³-hybridized carbons (Fsp3) is 0.0800. The van der Waals surface area contributed by atoms with Crippen LogP contribution < -0.4 is 25.4 Å². The van der Waals surface area contributed by atoms with Crippen molar-refractivity contribution in [3.63, 3.8) is 0 Å². The zero-order valence-electron chi connectivity index (χ0n) is 18.7. The van der Waals surface area contributed by atoms with Crippen molar-refractivity contribution in [2.75, 3.05) is 24.8 Å². The molecule has 0 fully saturated rings. The lowest BCUT2D eigenvalue weighted by atomic mass is 10.1. The maximum absolute atomic E-state index is 13.1. The molecule has 4 aromatic rings. The zero-order valence-corrected chi connectivity index (χ0v) is 19.4. The number of nitrogens with one attached hydrogen (secondary N) is 3. The second-order valence-corrected chi connectivity index (χ2v) is 7.69. The van der Waals surface area contributed by atoms with E-state index in [2.05, 4.69) is 20.9 Å². The number of carbonyl (C=O) groups excluding carboxylic acids is 2. The normalized spacial score (nSPS) is 10.5. The number of hydrogen-bond acceptors (Lipinski definition) is 5. The molecule has 3 amide bonds. The number of amides is 3. The summed E-state index contributed by atoms with van der Waals surface area (Å²) in [7, 11) is 3.00. The molecule has 10 heteroatoms. The first-order valence-corrected chi connectivity index (χ1v) is 10.8. The predicted molar refractivity (Wildman–Crippen MR) is 132 cm³/mol. The van der Waals surface area contributed by atoms with Gasteiger partial charge < -0.3 is 25.4 Å². The van der Waals surface area contributed by atoms with E-state index in [1.807, 2.05) is 0 Å². The van der Waals surface area contributed by atoms with Crippen LogP contribution in [0.4, 0.5) is 20.6 Å². The Bertz CT molecular complexity index is 1410. The lowest BCUT2D eigenvalue weighted by molar-refractivity contribution is 0.0960. The molecule has 4 rings (SSSR count). The Hall–Kier alpha value is -4.37. The summed E-state index contributed by atoms with van der Waals surface area (Å²) in [5.74, 6) is 0.479. The summed E-state index contributed by atoms with van der Waals surface area (Å²) >= 11 is 6.25. The van der Waals surface area contributed by atoms with E-state index < -0.39 is 11.8 Å². The molecular formula is C25H20ClFN4O4. The van der Waals surface area contributed by atoms with Crippen LogP contribution >= 0.6 is 11.6 Å². The predicted octanol–water partition coefficient (Wildman–Crippen LogP) is 5.83. The molecule has 0 spiro atoms. The summed E-state index contributed by atoms with van der Waals surface area (Å²) in [5.41, 5.74) is 1.61. The molecule has 3 aromatic carbocycles. The highest BCUT2D eigenvalue weighted by Gasteiger charge is 2.16. The Morgan fingerprint density at radius 1 is 0.971 bits per heavy atom. The van der Waals surface area contributed by atoms with Gasteiger partial charge in [0.2, 0.25) is 0 Å². The summed E-state index contributed by atoms with van der Waals surface area (Å²) in [6.45, 7) is 0. The van der Waals surface area contributed by atoms with Gasteiger partial charge in [0.15, 0.2) is 0 Å². The standard InChI is InChI=1S/C25H20ClFN4O4/c1-28-24(32)18-12-17-20(13-23(18)34-2)29-10-9-22(17)35-16-7-8-19(26)21(11-16)31-25(33)30-15-5-3-14(27)4-6-15/h3-13H,1-2H3,(H,28,32)(H2,30,31,33). The van der Waals surface area contributed by atoms with Gasteiger partial charge in [0, 0.05) is 36.5 Å². The van der Waals surface area contributed by atoms with E-state index in [9.17, 15) is 14.0 Å². The number of ether oxygens (including phenoxy) is 2. The average molecular weight is 495 g/mol. The maximum Gasteiger partial charge on any atom is 0.323 e. The molecule has 0 unspecified atom stereocenters. The molecule has 1 aromatic heterocycles. The number of pyridine rings is 1. The molecule has 0 saturated carbocycles. The third kappa shape index (κ3) is 5.42. The summed E-state index contributed by atoms with van der Waals surface area (Å²) in [6.07, 6.45) is 1.57. The van der Waals surface area contributed by atoms with Crippen molar-refractivity contribution in [1.29, 1.82) is 0 Å². The van der Waals surface area contributed by atoms with E-state index in [1.54, 1.807) is 42.6 Å². The van der Waals surface area contributed by atoms with Crippen molar-refractivity contribution >= 4 is 45.8 Å². The van der Waals surface area contributed by atoms with Gasteiger partial charge in [-0.25, -0.2) is 9.18 Å². The van der Waals surface area contributed by atoms with Crippen molar-refractivity contribution in [2.24, 2.45) is 0 Å². The van der Waals surface area contributed by atoms with Gasteiger partial charge in [0.05, 0.1) is 28.9 Å². The number of hydrogen-bond donors (Lipinski definition) is 3. The van der Waals surface area contributed by atoms with Crippen molar-refractivity contribution in [3.05, 3.63) is 83.3 Å². The Labute approximate surface area is 205 Å². The van der Waals surface area contributed by atoms with E-state index in [-0.39, 0.29) is 10.9 Å². The van der Waals surface area contributed by atoms with Crippen LogP contribution in [0, 0.1) is 5.82 Å². The van der Waals surface area contributed by atoms with E-state index in [1.165, 1.54) is 38.4 Å². The smallest absolute Gasteiger partial charge is 0.323 e. The summed E-state index contributed by atoms with van der Waals surface area (Å²) in [6, 6.07) is 14.5. The Morgan fingerprint density at radius 2 is 1.74 bits per heavy atom. The molecule has 0 aliphatic rings. The number of methoxy groups -OCH3 is 1. The third-order valence-corrected chi connectivity index (χ3v) is 5.34. The number of anilines is 2. The van der Waals surface area contributed by atoms with Gasteiger partial charge in [0.25, 0.3) is 5.91 Å². The van der Waals surface area contributed by atoms with E-state index >= 15 is 0 Å². The molecular weight excluding hydrogens is 475 g/mol. The van der Waals surface area contributed by atoms with Gasteiger partial charge in [-0.1, -0.05) is 11.6 Å². The maximum atomic E-state index is 13.1. The molecule has 0 aliphatic carbocycles. The Morgan fingerprint density at radius 3 is 2.46 bits per heavy atom. The molecule has 8 nitrogen and oxygen atoms in total. The number of carbonyl (C=O) groups is 2. The molecule has 1 heterocycles. The van der Waals surface area contributed by atoms with Crippen molar-refractivity contribution in [2.45, 2.75) is 0 Å². The highest BCUT2D eigenvalue weighted by atomic mass is 35.5. The lowest BCUT2D eigenvalue weighted by Gasteiger charge is -2.14. The van der Waals surface area contributed by atoms with Crippen LogP contribution in [0.5, 0.6) is 17.2 Å². The fourth-order valence-electron chi connectivity index (χ4n) is 3.33. The van der Waals surface area contributed by atoms with Crippen LogP contribution in [0.2, 0.25) is 5.02 Å². The van der Waals surface area contributed by atoms with E-state index in [4.69, 9.17) is 21.1 Å². The van der Waals surface area contributed by atoms with E-state index in [0.717, 1.165) is 0 Å². The highest BCUT2D eigenvalue weighted by molar-refractivity contribution is 6.33. The number of fused-ring (bicyclic) bond motifs is 1. The summed E-state index contributed by atoms with van der Waals surface area (Å²) in [5, 5.41) is 8.70. The number of nitrogens with zero attached hydrogens (tertiary/aromatic N) is 1. The van der Waals surface area contributed by atoms with Crippen molar-refractivity contribution < 1.29 is 23.5 Å². The minimum absolute atomic E-state index is 0.290. The highest BCUT2D eigenvalue weighted by Crippen LogP contribution is 2.35. The second kappa shape index (κ2) is 10.3.